The van der Waals surface area contributed by atoms with Crippen molar-refractivity contribution in [3.63, 3.8) is 0 Å². The highest BCUT2D eigenvalue weighted by atomic mass is 32.1. The zero-order chi connectivity index (χ0) is 30.4. The number of likely N-dealkylation sites (N-methyl/N-ethyl adjacent to an activating group) is 1. The van der Waals surface area contributed by atoms with E-state index in [0.29, 0.717) is 5.69 Å². The van der Waals surface area contributed by atoms with Crippen molar-refractivity contribution in [2.75, 3.05) is 13.6 Å². The second-order valence-electron chi connectivity index (χ2n) is 10.9. The van der Waals surface area contributed by atoms with Gasteiger partial charge in [-0.25, -0.2) is 4.68 Å². The highest BCUT2D eigenvalue weighted by Gasteiger charge is 2.44. The summed E-state index contributed by atoms with van der Waals surface area (Å²) >= 11 is 1.55. The van der Waals surface area contributed by atoms with Gasteiger partial charge in [-0.3, -0.25) is 19.2 Å². The van der Waals surface area contributed by atoms with E-state index in [4.69, 9.17) is 5.73 Å². The third-order valence-electron chi connectivity index (χ3n) is 7.57. The largest absolute Gasteiger partial charge is 0.368 e. The van der Waals surface area contributed by atoms with Crippen molar-refractivity contribution < 1.29 is 19.2 Å². The summed E-state index contributed by atoms with van der Waals surface area (Å²) in [6.07, 6.45) is 2.26. The van der Waals surface area contributed by atoms with Gasteiger partial charge in [-0.05, 0) is 36.9 Å². The van der Waals surface area contributed by atoms with Crippen LogP contribution in [-0.4, -0.2) is 81.3 Å². The minimum Gasteiger partial charge on any atom is -0.368 e. The Hall–Kier alpha value is -4.10. The summed E-state index contributed by atoms with van der Waals surface area (Å²) in [5.74, 6) is -2.14. The Bertz CT molecular complexity index is 1380. The zero-order valence-electron chi connectivity index (χ0n) is 24.2. The van der Waals surface area contributed by atoms with E-state index >= 15 is 0 Å². The number of nitrogens with zero attached hydrogens (tertiary/aromatic N) is 4. The van der Waals surface area contributed by atoms with Crippen LogP contribution in [0.1, 0.15) is 38.8 Å². The Morgan fingerprint density at radius 2 is 1.83 bits per heavy atom. The van der Waals surface area contributed by atoms with Gasteiger partial charge < -0.3 is 26.6 Å². The highest BCUT2D eigenvalue weighted by Crippen LogP contribution is 2.30. The molecule has 3 aromatic rings. The summed E-state index contributed by atoms with van der Waals surface area (Å²) < 4.78 is 1.67. The molecule has 5 N–H and O–H groups in total. The molecule has 2 aromatic heterocycles. The van der Waals surface area contributed by atoms with E-state index in [1.807, 2.05) is 61.0 Å². The first kappa shape index (κ1) is 30.8. The number of hydrogen-bond acceptors (Lipinski definition) is 8. The van der Waals surface area contributed by atoms with Gasteiger partial charge in [-0.2, -0.15) is 11.3 Å². The van der Waals surface area contributed by atoms with Crippen molar-refractivity contribution in [3.05, 3.63) is 58.9 Å². The van der Waals surface area contributed by atoms with Crippen molar-refractivity contribution >= 4 is 35.0 Å². The Morgan fingerprint density at radius 3 is 2.45 bits per heavy atom. The van der Waals surface area contributed by atoms with Gasteiger partial charge in [0.1, 0.15) is 23.8 Å². The molecule has 1 aromatic carbocycles. The van der Waals surface area contributed by atoms with Crippen LogP contribution in [0, 0.1) is 5.92 Å². The number of primary amides is 1. The SMILES string of the molecule is CN[C@@H](C)C(=O)N[C@H](C(=O)N1C[C@H](n2cc(-c3ccsc3)nn2)C[C@H]1C(=O)N[C@@H](Cc1ccccc1)C(N)=O)C(C)C. The first-order chi connectivity index (χ1) is 20.1. The van der Waals surface area contributed by atoms with Crippen molar-refractivity contribution in [1.82, 2.24) is 35.8 Å². The lowest BCUT2D eigenvalue weighted by Gasteiger charge is -2.31. The Labute approximate surface area is 249 Å². The van der Waals surface area contributed by atoms with Gasteiger partial charge in [0.15, 0.2) is 0 Å². The van der Waals surface area contributed by atoms with E-state index in [9.17, 15) is 19.2 Å². The Morgan fingerprint density at radius 1 is 1.10 bits per heavy atom. The van der Waals surface area contributed by atoms with Crippen molar-refractivity contribution in [2.24, 2.45) is 11.7 Å². The number of nitrogens with one attached hydrogen (secondary N) is 3. The van der Waals surface area contributed by atoms with Crippen LogP contribution < -0.4 is 21.7 Å². The van der Waals surface area contributed by atoms with Crippen LogP contribution in [0.4, 0.5) is 0 Å². The average molecular weight is 595 g/mol. The monoisotopic (exact) mass is 594 g/mol. The molecule has 12 nitrogen and oxygen atoms in total. The molecule has 3 heterocycles. The normalized spacial score (nSPS) is 18.8. The van der Waals surface area contributed by atoms with Crippen molar-refractivity contribution in [2.45, 2.75) is 63.8 Å². The molecule has 4 amide bonds. The number of carbonyl (C=O) groups excluding carboxylic acids is 4. The van der Waals surface area contributed by atoms with E-state index in [0.717, 1.165) is 11.1 Å². The molecule has 4 rings (SSSR count). The van der Waals surface area contributed by atoms with Crippen LogP contribution >= 0.6 is 11.3 Å². The molecule has 0 bridgehead atoms. The van der Waals surface area contributed by atoms with E-state index in [-0.39, 0.29) is 43.2 Å². The number of benzene rings is 1. The van der Waals surface area contributed by atoms with Crippen LogP contribution in [-0.2, 0) is 25.6 Å². The summed E-state index contributed by atoms with van der Waals surface area (Å²) in [5.41, 5.74) is 8.12. The van der Waals surface area contributed by atoms with E-state index in [2.05, 4.69) is 26.3 Å². The summed E-state index contributed by atoms with van der Waals surface area (Å²) in [5, 5.41) is 21.0. The predicted octanol–water partition coefficient (Wildman–Crippen LogP) is 1.11. The van der Waals surface area contributed by atoms with Crippen molar-refractivity contribution in [3.8, 4) is 11.3 Å². The van der Waals surface area contributed by atoms with E-state index in [1.165, 1.54) is 4.90 Å². The smallest absolute Gasteiger partial charge is 0.246 e. The van der Waals surface area contributed by atoms with Crippen LogP contribution in [0.2, 0.25) is 0 Å². The number of likely N-dealkylation sites (tertiary alicyclic amines) is 1. The summed E-state index contributed by atoms with van der Waals surface area (Å²) in [7, 11) is 1.66. The molecule has 13 heteroatoms. The maximum Gasteiger partial charge on any atom is 0.246 e. The number of carbonyl (C=O) groups is 4. The van der Waals surface area contributed by atoms with Gasteiger partial charge in [0, 0.05) is 30.3 Å². The Balaban J connectivity index is 1.60. The molecule has 1 fully saturated rings. The number of nitrogens with two attached hydrogens (primary N) is 1. The lowest BCUT2D eigenvalue weighted by Crippen LogP contribution is -2.58. The summed E-state index contributed by atoms with van der Waals surface area (Å²) in [6.45, 7) is 5.54. The van der Waals surface area contributed by atoms with Crippen LogP contribution in [0.15, 0.2) is 53.4 Å². The first-order valence-corrected chi connectivity index (χ1v) is 14.9. The van der Waals surface area contributed by atoms with Gasteiger partial charge >= 0.3 is 0 Å². The molecule has 0 spiro atoms. The molecular formula is C29H38N8O4S. The Kier molecular flexibility index (Phi) is 10.1. The fraction of sp³-hybridized carbons (Fsp3) is 0.448. The van der Waals surface area contributed by atoms with E-state index < -0.39 is 36.0 Å². The molecule has 1 aliphatic heterocycles. The molecule has 0 unspecified atom stereocenters. The minimum atomic E-state index is -0.968. The molecule has 1 aliphatic rings. The summed E-state index contributed by atoms with van der Waals surface area (Å²) in [4.78, 5) is 54.3. The molecule has 0 aliphatic carbocycles. The molecular weight excluding hydrogens is 556 g/mol. The fourth-order valence-electron chi connectivity index (χ4n) is 4.94. The van der Waals surface area contributed by atoms with E-state index in [1.54, 1.807) is 36.2 Å². The van der Waals surface area contributed by atoms with Crippen LogP contribution in [0.25, 0.3) is 11.3 Å². The van der Waals surface area contributed by atoms with Gasteiger partial charge in [0.2, 0.25) is 23.6 Å². The quantitative estimate of drug-likeness (QED) is 0.244. The number of aromatic nitrogens is 3. The average Bonchev–Trinajstić information content (AvgIpc) is 3.75. The second kappa shape index (κ2) is 13.7. The molecule has 224 valence electrons. The van der Waals surface area contributed by atoms with Crippen LogP contribution in [0.5, 0.6) is 0 Å². The molecule has 0 saturated carbocycles. The lowest BCUT2D eigenvalue weighted by molar-refractivity contribution is -0.143. The molecule has 5 atom stereocenters. The minimum absolute atomic E-state index is 0.171. The second-order valence-corrected chi connectivity index (χ2v) is 11.7. The predicted molar refractivity (Wildman–Crippen MR) is 159 cm³/mol. The number of thiophene rings is 1. The topological polar surface area (TPSA) is 164 Å². The highest BCUT2D eigenvalue weighted by molar-refractivity contribution is 7.08. The van der Waals surface area contributed by atoms with Gasteiger partial charge in [-0.1, -0.05) is 49.4 Å². The first-order valence-electron chi connectivity index (χ1n) is 13.9. The fourth-order valence-corrected chi connectivity index (χ4v) is 5.59. The third-order valence-corrected chi connectivity index (χ3v) is 8.25. The summed E-state index contributed by atoms with van der Waals surface area (Å²) in [6, 6.07) is 7.56. The lowest BCUT2D eigenvalue weighted by atomic mass is 10.0. The zero-order valence-corrected chi connectivity index (χ0v) is 25.0. The number of hydrogen-bond donors (Lipinski definition) is 4. The van der Waals surface area contributed by atoms with Gasteiger partial charge in [0.25, 0.3) is 0 Å². The molecule has 1 saturated heterocycles. The maximum absolute atomic E-state index is 14.0. The molecule has 42 heavy (non-hydrogen) atoms. The van der Waals surface area contributed by atoms with Gasteiger partial charge in [-0.15, -0.1) is 5.10 Å². The number of amides is 4. The standard InChI is InChI=1S/C29H38N8O4S/c1-17(2)25(33-27(39)18(3)31-4)29(41)36-14-21(37-15-23(34-35-37)20-10-11-42-16-20)13-24(36)28(40)32-22(26(30)38)12-19-8-6-5-7-9-19/h5-11,15-18,21-22,24-25,31H,12-14H2,1-4H3,(H2,30,38)(H,32,40)(H,33,39)/t18-,21+,22-,24-,25-/m0/s1. The third kappa shape index (κ3) is 7.21. The number of rotatable bonds is 12. The van der Waals surface area contributed by atoms with Crippen molar-refractivity contribution in [1.29, 1.82) is 0 Å². The van der Waals surface area contributed by atoms with Crippen LogP contribution in [0.3, 0.4) is 0 Å². The van der Waals surface area contributed by atoms with Gasteiger partial charge in [0.05, 0.1) is 18.3 Å². The molecule has 0 radical (unpaired) electrons. The maximum atomic E-state index is 14.0.